The summed E-state index contributed by atoms with van der Waals surface area (Å²) in [5.74, 6) is 1.75. The average Bonchev–Trinajstić information content (AvgIpc) is 2.85. The fraction of sp³-hybridized carbons (Fsp3) is 0.375. The van der Waals surface area contributed by atoms with Crippen LogP contribution in [0.1, 0.15) is 29.4 Å². The third-order valence-electron chi connectivity index (χ3n) is 3.84. The van der Waals surface area contributed by atoms with Gasteiger partial charge in [0.05, 0.1) is 12.6 Å². The lowest BCUT2D eigenvalue weighted by Crippen LogP contribution is -2.34. The number of hydrogen-bond donors (Lipinski definition) is 1. The van der Waals surface area contributed by atoms with Crippen molar-refractivity contribution < 1.29 is 9.53 Å². The number of rotatable bonds is 3. The minimum absolute atomic E-state index is 0.00421. The van der Waals surface area contributed by atoms with Crippen LogP contribution in [0.15, 0.2) is 30.6 Å². The summed E-state index contributed by atoms with van der Waals surface area (Å²) < 4.78 is 7.56. The molecule has 0 unspecified atom stereocenters. The average molecular weight is 285 g/mol. The zero-order valence-corrected chi connectivity index (χ0v) is 12.3. The lowest BCUT2D eigenvalue weighted by atomic mass is 9.98. The van der Waals surface area contributed by atoms with Gasteiger partial charge in [-0.2, -0.15) is 0 Å². The van der Waals surface area contributed by atoms with E-state index in [0.717, 1.165) is 29.1 Å². The van der Waals surface area contributed by atoms with E-state index in [-0.39, 0.29) is 11.9 Å². The molecular weight excluding hydrogens is 266 g/mol. The summed E-state index contributed by atoms with van der Waals surface area (Å²) in [6, 6.07) is 6.07. The first kappa shape index (κ1) is 13.7. The van der Waals surface area contributed by atoms with E-state index < -0.39 is 0 Å². The number of amides is 1. The lowest BCUT2D eigenvalue weighted by molar-refractivity contribution is -0.122. The summed E-state index contributed by atoms with van der Waals surface area (Å²) in [5, 5.41) is 3.10. The summed E-state index contributed by atoms with van der Waals surface area (Å²) in [5.41, 5.74) is 2.17. The summed E-state index contributed by atoms with van der Waals surface area (Å²) in [7, 11) is 0. The van der Waals surface area contributed by atoms with Crippen LogP contribution in [0.2, 0.25) is 0 Å². The topological polar surface area (TPSA) is 56.1 Å². The molecule has 110 valence electrons. The number of nitrogens with zero attached hydrogens (tertiary/aromatic N) is 2. The summed E-state index contributed by atoms with van der Waals surface area (Å²) in [6.07, 6.45) is 4.32. The van der Waals surface area contributed by atoms with Gasteiger partial charge in [0.2, 0.25) is 5.91 Å². The van der Waals surface area contributed by atoms with E-state index >= 15 is 0 Å². The van der Waals surface area contributed by atoms with Crippen LogP contribution in [-0.4, -0.2) is 22.1 Å². The van der Waals surface area contributed by atoms with Crippen LogP contribution >= 0.6 is 0 Å². The number of imidazole rings is 1. The second-order valence-electron chi connectivity index (χ2n) is 5.35. The minimum atomic E-state index is -0.00421. The Morgan fingerprint density at radius 2 is 2.33 bits per heavy atom. The van der Waals surface area contributed by atoms with Crippen molar-refractivity contribution in [3.05, 3.63) is 47.5 Å². The summed E-state index contributed by atoms with van der Waals surface area (Å²) in [4.78, 5) is 16.4. The van der Waals surface area contributed by atoms with E-state index in [2.05, 4.69) is 10.3 Å². The molecule has 1 aromatic heterocycles. The van der Waals surface area contributed by atoms with Crippen molar-refractivity contribution in [1.82, 2.24) is 14.9 Å². The predicted molar refractivity (Wildman–Crippen MR) is 79.1 cm³/mol. The number of ether oxygens (including phenoxy) is 1. The number of carbonyl (C=O) groups excluding carboxylic acids is 1. The minimum Gasteiger partial charge on any atom is -0.493 e. The third kappa shape index (κ3) is 2.77. The van der Waals surface area contributed by atoms with Crippen molar-refractivity contribution in [2.45, 2.75) is 32.9 Å². The molecule has 3 rings (SSSR count). The second-order valence-corrected chi connectivity index (χ2v) is 5.35. The molecule has 1 N–H and O–H groups in total. The number of aromatic nitrogens is 2. The Balaban J connectivity index is 1.73. The smallest absolute Gasteiger partial charge is 0.240 e. The maximum atomic E-state index is 12.2. The molecule has 5 heteroatoms. The largest absolute Gasteiger partial charge is 0.493 e. The van der Waals surface area contributed by atoms with Crippen molar-refractivity contribution in [3.8, 4) is 5.75 Å². The van der Waals surface area contributed by atoms with Crippen LogP contribution < -0.4 is 10.1 Å². The quantitative estimate of drug-likeness (QED) is 0.940. The van der Waals surface area contributed by atoms with Crippen LogP contribution in [0.25, 0.3) is 0 Å². The van der Waals surface area contributed by atoms with Gasteiger partial charge in [0.25, 0.3) is 0 Å². The molecule has 0 fully saturated rings. The fourth-order valence-corrected chi connectivity index (χ4v) is 2.70. The van der Waals surface area contributed by atoms with E-state index in [9.17, 15) is 4.79 Å². The molecule has 2 heterocycles. The summed E-state index contributed by atoms with van der Waals surface area (Å²) >= 11 is 0. The van der Waals surface area contributed by atoms with E-state index in [4.69, 9.17) is 4.74 Å². The van der Waals surface area contributed by atoms with Gasteiger partial charge in [-0.25, -0.2) is 4.98 Å². The van der Waals surface area contributed by atoms with Gasteiger partial charge < -0.3 is 14.6 Å². The van der Waals surface area contributed by atoms with Crippen molar-refractivity contribution in [3.63, 3.8) is 0 Å². The van der Waals surface area contributed by atoms with Crippen molar-refractivity contribution in [2.75, 3.05) is 6.61 Å². The molecule has 5 nitrogen and oxygen atoms in total. The molecule has 0 aliphatic carbocycles. The molecule has 0 radical (unpaired) electrons. The van der Waals surface area contributed by atoms with E-state index in [1.165, 1.54) is 0 Å². The zero-order chi connectivity index (χ0) is 14.8. The number of aryl methyl sites for hydroxylation is 2. The number of benzene rings is 1. The molecular formula is C16H19N3O2. The molecule has 1 aromatic carbocycles. The van der Waals surface area contributed by atoms with Crippen LogP contribution in [0.3, 0.4) is 0 Å². The molecule has 0 bridgehead atoms. The SMILES string of the molecule is Cc1cccc2c1OCC[C@H]2NC(=O)Cn1ccnc1C. The molecule has 1 amide bonds. The Morgan fingerprint density at radius 3 is 3.10 bits per heavy atom. The van der Waals surface area contributed by atoms with Gasteiger partial charge in [-0.1, -0.05) is 18.2 Å². The van der Waals surface area contributed by atoms with Crippen molar-refractivity contribution in [2.24, 2.45) is 0 Å². The fourth-order valence-electron chi connectivity index (χ4n) is 2.70. The molecule has 0 spiro atoms. The van der Waals surface area contributed by atoms with Crippen LogP contribution in [0.5, 0.6) is 5.75 Å². The second kappa shape index (κ2) is 5.60. The normalized spacial score (nSPS) is 17.0. The monoisotopic (exact) mass is 285 g/mol. The Labute approximate surface area is 124 Å². The summed E-state index contributed by atoms with van der Waals surface area (Å²) in [6.45, 7) is 4.84. The molecule has 1 aliphatic heterocycles. The van der Waals surface area contributed by atoms with Crippen LogP contribution in [0, 0.1) is 13.8 Å². The van der Waals surface area contributed by atoms with Gasteiger partial charge in [0.1, 0.15) is 18.1 Å². The van der Waals surface area contributed by atoms with Crippen LogP contribution in [-0.2, 0) is 11.3 Å². The number of fused-ring (bicyclic) bond motifs is 1. The van der Waals surface area contributed by atoms with E-state index in [0.29, 0.717) is 13.2 Å². The number of carbonyl (C=O) groups is 1. The van der Waals surface area contributed by atoms with Gasteiger partial charge >= 0.3 is 0 Å². The standard InChI is InChI=1S/C16H19N3O2/c1-11-4-3-5-13-14(6-9-21-16(11)13)18-15(20)10-19-8-7-17-12(19)2/h3-5,7-8,14H,6,9-10H2,1-2H3,(H,18,20)/t14-/m1/s1. The zero-order valence-electron chi connectivity index (χ0n) is 12.3. The predicted octanol–water partition coefficient (Wildman–Crippen LogP) is 2.14. The van der Waals surface area contributed by atoms with Gasteiger partial charge in [0.15, 0.2) is 0 Å². The first-order valence-electron chi connectivity index (χ1n) is 7.14. The Bertz CT molecular complexity index is 663. The molecule has 0 saturated heterocycles. The number of para-hydroxylation sites is 1. The maximum absolute atomic E-state index is 12.2. The van der Waals surface area contributed by atoms with E-state index in [1.54, 1.807) is 6.20 Å². The first-order chi connectivity index (χ1) is 10.1. The molecule has 2 aromatic rings. The van der Waals surface area contributed by atoms with Gasteiger partial charge in [-0.15, -0.1) is 0 Å². The highest BCUT2D eigenvalue weighted by Crippen LogP contribution is 2.34. The Morgan fingerprint density at radius 1 is 1.48 bits per heavy atom. The highest BCUT2D eigenvalue weighted by atomic mass is 16.5. The first-order valence-corrected chi connectivity index (χ1v) is 7.14. The highest BCUT2D eigenvalue weighted by molar-refractivity contribution is 5.76. The molecule has 1 aliphatic rings. The van der Waals surface area contributed by atoms with E-state index in [1.807, 2.05) is 42.8 Å². The van der Waals surface area contributed by atoms with Crippen molar-refractivity contribution in [1.29, 1.82) is 0 Å². The maximum Gasteiger partial charge on any atom is 0.240 e. The Kier molecular flexibility index (Phi) is 3.64. The van der Waals surface area contributed by atoms with Crippen molar-refractivity contribution >= 4 is 5.91 Å². The number of hydrogen-bond acceptors (Lipinski definition) is 3. The molecule has 21 heavy (non-hydrogen) atoms. The van der Waals surface area contributed by atoms with Gasteiger partial charge in [0, 0.05) is 24.4 Å². The van der Waals surface area contributed by atoms with Gasteiger partial charge in [-0.3, -0.25) is 4.79 Å². The highest BCUT2D eigenvalue weighted by Gasteiger charge is 2.24. The lowest BCUT2D eigenvalue weighted by Gasteiger charge is -2.28. The number of nitrogens with one attached hydrogen (secondary N) is 1. The Hall–Kier alpha value is -2.30. The molecule has 1 atom stereocenters. The van der Waals surface area contributed by atoms with Gasteiger partial charge in [-0.05, 0) is 19.4 Å². The molecule has 0 saturated carbocycles. The van der Waals surface area contributed by atoms with Crippen LogP contribution in [0.4, 0.5) is 0 Å². The third-order valence-corrected chi connectivity index (χ3v) is 3.84.